The number of ether oxygens (including phenoxy) is 1. The maximum Gasteiger partial charge on any atom is 0.298 e. The summed E-state index contributed by atoms with van der Waals surface area (Å²) in [4.78, 5) is 13.7. The highest BCUT2D eigenvalue weighted by Gasteiger charge is 2.42. The molecule has 2 aliphatic heterocycles. The molecule has 5 heterocycles. The normalized spacial score (nSPS) is 25.1. The third-order valence-electron chi connectivity index (χ3n) is 8.01. The van der Waals surface area contributed by atoms with Crippen LogP contribution in [0.1, 0.15) is 24.3 Å². The number of anilines is 2. The van der Waals surface area contributed by atoms with Crippen LogP contribution in [0.5, 0.6) is 0 Å². The van der Waals surface area contributed by atoms with Crippen LogP contribution in [0, 0.1) is 17.7 Å². The van der Waals surface area contributed by atoms with Gasteiger partial charge < -0.3 is 23.5 Å². The van der Waals surface area contributed by atoms with Gasteiger partial charge in [0.25, 0.3) is 6.01 Å². The van der Waals surface area contributed by atoms with Crippen LogP contribution in [-0.4, -0.2) is 53.9 Å². The third kappa shape index (κ3) is 3.27. The molecule has 7 nitrogen and oxygen atoms in total. The number of pyridine rings is 1. The van der Waals surface area contributed by atoms with Gasteiger partial charge in [0, 0.05) is 50.5 Å². The highest BCUT2D eigenvalue weighted by Crippen LogP contribution is 2.48. The van der Waals surface area contributed by atoms with Gasteiger partial charge in [-0.15, -0.1) is 0 Å². The van der Waals surface area contributed by atoms with Gasteiger partial charge in [-0.05, 0) is 60.4 Å². The topological polar surface area (TPSA) is 59.6 Å². The molecule has 1 aliphatic carbocycles. The Bertz CT molecular complexity index is 1360. The van der Waals surface area contributed by atoms with Crippen molar-refractivity contribution in [3.05, 3.63) is 48.0 Å². The predicted molar refractivity (Wildman–Crippen MR) is 129 cm³/mol. The van der Waals surface area contributed by atoms with Crippen molar-refractivity contribution in [3.63, 3.8) is 0 Å². The molecule has 2 unspecified atom stereocenters. The quantitative estimate of drug-likeness (QED) is 0.453. The zero-order valence-electron chi connectivity index (χ0n) is 19.3. The van der Waals surface area contributed by atoms with Crippen molar-refractivity contribution in [1.82, 2.24) is 14.5 Å². The smallest absolute Gasteiger partial charge is 0.298 e. The maximum atomic E-state index is 13.9. The van der Waals surface area contributed by atoms with Gasteiger partial charge in [0.1, 0.15) is 17.0 Å². The van der Waals surface area contributed by atoms with Crippen molar-refractivity contribution in [1.29, 1.82) is 0 Å². The molecular formula is C26H28FN5O2. The minimum absolute atomic E-state index is 0.260. The second-order valence-electron chi connectivity index (χ2n) is 10.1. The molecular weight excluding hydrogens is 433 g/mol. The monoisotopic (exact) mass is 461 g/mol. The average Bonchev–Trinajstić information content (AvgIpc) is 3.60. The van der Waals surface area contributed by atoms with Crippen molar-refractivity contribution < 1.29 is 13.5 Å². The van der Waals surface area contributed by atoms with Gasteiger partial charge in [-0.2, -0.15) is 4.98 Å². The summed E-state index contributed by atoms with van der Waals surface area (Å²) in [5.41, 5.74) is 5.09. The van der Waals surface area contributed by atoms with Gasteiger partial charge in [0.2, 0.25) is 0 Å². The molecule has 1 aromatic carbocycles. The van der Waals surface area contributed by atoms with Crippen molar-refractivity contribution in [2.75, 3.05) is 49.2 Å². The van der Waals surface area contributed by atoms with Crippen LogP contribution in [-0.2, 0) is 11.8 Å². The van der Waals surface area contributed by atoms with E-state index in [1.807, 2.05) is 11.6 Å². The van der Waals surface area contributed by atoms with Crippen molar-refractivity contribution in [3.8, 4) is 0 Å². The number of benzene rings is 1. The van der Waals surface area contributed by atoms with Gasteiger partial charge in [-0.3, -0.25) is 0 Å². The van der Waals surface area contributed by atoms with Crippen molar-refractivity contribution in [2.45, 2.75) is 18.8 Å². The zero-order valence-corrected chi connectivity index (χ0v) is 19.3. The molecule has 7 rings (SSSR count). The molecule has 3 fully saturated rings. The zero-order chi connectivity index (χ0) is 22.8. The van der Waals surface area contributed by atoms with Crippen LogP contribution < -0.4 is 9.80 Å². The van der Waals surface area contributed by atoms with Crippen LogP contribution in [0.25, 0.3) is 22.1 Å². The first kappa shape index (κ1) is 20.3. The van der Waals surface area contributed by atoms with E-state index in [2.05, 4.69) is 39.2 Å². The van der Waals surface area contributed by atoms with Crippen LogP contribution in [0.15, 0.2) is 41.1 Å². The fourth-order valence-corrected chi connectivity index (χ4v) is 6.35. The van der Waals surface area contributed by atoms with Crippen LogP contribution in [0.3, 0.4) is 0 Å². The summed E-state index contributed by atoms with van der Waals surface area (Å²) in [6, 6.07) is 8.72. The first-order valence-electron chi connectivity index (χ1n) is 12.2. The number of rotatable bonds is 3. The second kappa shape index (κ2) is 7.70. The molecule has 0 bridgehead atoms. The Labute approximate surface area is 197 Å². The summed E-state index contributed by atoms with van der Waals surface area (Å²) >= 11 is 0. The van der Waals surface area contributed by atoms with Gasteiger partial charge in [0.05, 0.1) is 19.4 Å². The van der Waals surface area contributed by atoms with E-state index in [0.29, 0.717) is 37.0 Å². The number of hydrogen-bond acceptors (Lipinski definition) is 6. The van der Waals surface area contributed by atoms with E-state index in [0.717, 1.165) is 61.2 Å². The SMILES string of the molecule is Cn1cc(C2CC3CN(c4ccc5oc(N6CCOCC6)nc5c4)CC3C2)c2cc(F)cnc21. The minimum atomic E-state index is -0.260. The molecule has 176 valence electrons. The summed E-state index contributed by atoms with van der Waals surface area (Å²) in [5, 5.41) is 0.969. The average molecular weight is 462 g/mol. The first-order valence-corrected chi connectivity index (χ1v) is 12.2. The Balaban J connectivity index is 1.09. The highest BCUT2D eigenvalue weighted by atomic mass is 19.1. The Morgan fingerprint density at radius 3 is 2.62 bits per heavy atom. The second-order valence-corrected chi connectivity index (χ2v) is 10.1. The van der Waals surface area contributed by atoms with E-state index in [9.17, 15) is 4.39 Å². The van der Waals surface area contributed by atoms with Crippen molar-refractivity contribution >= 4 is 33.8 Å². The third-order valence-corrected chi connectivity index (χ3v) is 8.01. The largest absolute Gasteiger partial charge is 0.423 e. The Kier molecular flexibility index (Phi) is 4.59. The number of halogens is 1. The summed E-state index contributed by atoms with van der Waals surface area (Å²) < 4.78 is 27.4. The predicted octanol–water partition coefficient (Wildman–Crippen LogP) is 4.32. The molecule has 2 atom stereocenters. The number of morpholine rings is 1. The lowest BCUT2D eigenvalue weighted by molar-refractivity contribution is 0.120. The van der Waals surface area contributed by atoms with E-state index in [1.165, 1.54) is 17.4 Å². The van der Waals surface area contributed by atoms with Crippen LogP contribution >= 0.6 is 0 Å². The Morgan fingerprint density at radius 2 is 1.82 bits per heavy atom. The molecule has 8 heteroatoms. The first-order chi connectivity index (χ1) is 16.6. The van der Waals surface area contributed by atoms with E-state index >= 15 is 0 Å². The molecule has 0 amide bonds. The van der Waals surface area contributed by atoms with Gasteiger partial charge in [-0.25, -0.2) is 9.37 Å². The molecule has 0 spiro atoms. The van der Waals surface area contributed by atoms with Gasteiger partial charge >= 0.3 is 0 Å². The molecule has 0 radical (unpaired) electrons. The molecule has 0 N–H and O–H groups in total. The molecule has 4 aromatic rings. The number of hydrogen-bond donors (Lipinski definition) is 0. The van der Waals surface area contributed by atoms with Gasteiger partial charge in [0.15, 0.2) is 5.58 Å². The standard InChI is InChI=1S/C26H28FN5O2/c1-30-15-22(21-10-19(27)12-28-25(21)30)16-8-17-13-32(14-18(17)9-16)20-2-3-24-23(11-20)29-26(34-24)31-4-6-33-7-5-31/h2-3,10-12,15-18H,4-9,13-14H2,1H3. The molecule has 1 saturated carbocycles. The molecule has 34 heavy (non-hydrogen) atoms. The number of aryl methyl sites for hydroxylation is 1. The minimum Gasteiger partial charge on any atom is -0.423 e. The molecule has 2 saturated heterocycles. The van der Waals surface area contributed by atoms with Crippen LogP contribution in [0.4, 0.5) is 16.1 Å². The lowest BCUT2D eigenvalue weighted by atomic mass is 9.96. The lowest BCUT2D eigenvalue weighted by Crippen LogP contribution is -2.36. The summed E-state index contributed by atoms with van der Waals surface area (Å²) in [6.07, 6.45) is 5.75. The molecule has 3 aromatic heterocycles. The fraction of sp³-hybridized carbons (Fsp3) is 0.462. The summed E-state index contributed by atoms with van der Waals surface area (Å²) in [7, 11) is 2.00. The molecule has 3 aliphatic rings. The Morgan fingerprint density at radius 1 is 1.03 bits per heavy atom. The number of nitrogens with zero attached hydrogens (tertiary/aromatic N) is 5. The van der Waals surface area contributed by atoms with E-state index < -0.39 is 0 Å². The number of aromatic nitrogens is 3. The summed E-state index contributed by atoms with van der Waals surface area (Å²) in [6.45, 7) is 5.17. The number of oxazole rings is 1. The van der Waals surface area contributed by atoms with E-state index in [-0.39, 0.29) is 5.82 Å². The summed E-state index contributed by atoms with van der Waals surface area (Å²) in [5.74, 6) is 1.51. The lowest BCUT2D eigenvalue weighted by Gasteiger charge is -2.24. The highest BCUT2D eigenvalue weighted by molar-refractivity contribution is 5.81. The maximum absolute atomic E-state index is 13.9. The number of fused-ring (bicyclic) bond motifs is 3. The van der Waals surface area contributed by atoms with E-state index in [1.54, 1.807) is 6.07 Å². The Hall–Kier alpha value is -3.13. The van der Waals surface area contributed by atoms with Crippen molar-refractivity contribution in [2.24, 2.45) is 18.9 Å². The van der Waals surface area contributed by atoms with E-state index in [4.69, 9.17) is 14.1 Å². The fourth-order valence-electron chi connectivity index (χ4n) is 6.35. The van der Waals surface area contributed by atoms with Gasteiger partial charge in [-0.1, -0.05) is 0 Å². The van der Waals surface area contributed by atoms with Crippen LogP contribution in [0.2, 0.25) is 0 Å².